The quantitative estimate of drug-likeness (QED) is 0.894. The van der Waals surface area contributed by atoms with Gasteiger partial charge in [-0.15, -0.1) is 0 Å². The molecule has 1 aromatic carbocycles. The van der Waals surface area contributed by atoms with Crippen LogP contribution in [0.15, 0.2) is 30.3 Å². The Kier molecular flexibility index (Phi) is 5.60. The van der Waals surface area contributed by atoms with Gasteiger partial charge in [-0.2, -0.15) is 0 Å². The van der Waals surface area contributed by atoms with E-state index < -0.39 is 0 Å². The molecule has 2 atom stereocenters. The highest BCUT2D eigenvalue weighted by molar-refractivity contribution is 5.76. The van der Waals surface area contributed by atoms with Crippen molar-refractivity contribution >= 4 is 5.91 Å². The molecule has 1 fully saturated rings. The molecule has 110 valence electrons. The van der Waals surface area contributed by atoms with Gasteiger partial charge in [0.1, 0.15) is 0 Å². The maximum atomic E-state index is 12.0. The van der Waals surface area contributed by atoms with E-state index in [2.05, 4.69) is 48.5 Å². The molecule has 0 radical (unpaired) electrons. The third kappa shape index (κ3) is 4.64. The predicted molar refractivity (Wildman–Crippen MR) is 82.6 cm³/mol. The van der Waals surface area contributed by atoms with E-state index >= 15 is 0 Å². The average molecular weight is 274 g/mol. The van der Waals surface area contributed by atoms with E-state index in [-0.39, 0.29) is 5.91 Å². The van der Waals surface area contributed by atoms with Crippen LogP contribution in [0.1, 0.15) is 31.7 Å². The second-order valence-corrected chi connectivity index (χ2v) is 6.04. The standard InChI is InChI=1S/C17H26N2O/c1-14-13-19(2)12-11-16(14)18-17(20)10-6-9-15-7-4-3-5-8-15/h3-5,7-8,14,16H,6,9-13H2,1-2H3,(H,18,20). The van der Waals surface area contributed by atoms with Crippen LogP contribution in [-0.4, -0.2) is 37.0 Å². The van der Waals surface area contributed by atoms with Crippen LogP contribution in [0, 0.1) is 5.92 Å². The van der Waals surface area contributed by atoms with Crippen molar-refractivity contribution in [2.24, 2.45) is 5.92 Å². The molecule has 2 unspecified atom stereocenters. The zero-order chi connectivity index (χ0) is 14.4. The van der Waals surface area contributed by atoms with Crippen LogP contribution < -0.4 is 5.32 Å². The number of hydrogen-bond donors (Lipinski definition) is 1. The van der Waals surface area contributed by atoms with Crippen LogP contribution in [0.4, 0.5) is 0 Å². The van der Waals surface area contributed by atoms with E-state index in [1.807, 2.05) is 6.07 Å². The molecule has 3 nitrogen and oxygen atoms in total. The lowest BCUT2D eigenvalue weighted by Crippen LogP contribution is -2.48. The van der Waals surface area contributed by atoms with Crippen molar-refractivity contribution in [2.45, 2.75) is 38.6 Å². The summed E-state index contributed by atoms with van der Waals surface area (Å²) >= 11 is 0. The molecule has 20 heavy (non-hydrogen) atoms. The Balaban J connectivity index is 1.68. The van der Waals surface area contributed by atoms with Crippen molar-refractivity contribution in [3.05, 3.63) is 35.9 Å². The highest BCUT2D eigenvalue weighted by atomic mass is 16.1. The third-order valence-corrected chi connectivity index (χ3v) is 4.17. The van der Waals surface area contributed by atoms with Gasteiger partial charge in [0, 0.05) is 19.0 Å². The summed E-state index contributed by atoms with van der Waals surface area (Å²) in [6.45, 7) is 4.39. The second-order valence-electron chi connectivity index (χ2n) is 6.04. The molecule has 1 saturated heterocycles. The van der Waals surface area contributed by atoms with Crippen LogP contribution in [0.3, 0.4) is 0 Å². The maximum Gasteiger partial charge on any atom is 0.220 e. The van der Waals surface area contributed by atoms with E-state index in [1.54, 1.807) is 0 Å². The summed E-state index contributed by atoms with van der Waals surface area (Å²) in [6.07, 6.45) is 3.62. The molecule has 1 aliphatic heterocycles. The minimum absolute atomic E-state index is 0.210. The first-order chi connectivity index (χ1) is 9.65. The predicted octanol–water partition coefficient (Wildman–Crippen LogP) is 2.47. The number of aryl methyl sites for hydroxylation is 1. The smallest absolute Gasteiger partial charge is 0.220 e. The summed E-state index contributed by atoms with van der Waals surface area (Å²) in [5.41, 5.74) is 1.31. The zero-order valence-corrected chi connectivity index (χ0v) is 12.6. The monoisotopic (exact) mass is 274 g/mol. The highest BCUT2D eigenvalue weighted by Gasteiger charge is 2.25. The van der Waals surface area contributed by atoms with Crippen LogP contribution >= 0.6 is 0 Å². The van der Waals surface area contributed by atoms with Crippen molar-refractivity contribution in [3.8, 4) is 0 Å². The summed E-state index contributed by atoms with van der Waals surface area (Å²) in [5.74, 6) is 0.758. The number of nitrogens with zero attached hydrogens (tertiary/aromatic N) is 1. The second kappa shape index (κ2) is 7.44. The van der Waals surface area contributed by atoms with Gasteiger partial charge < -0.3 is 10.2 Å². The minimum atomic E-state index is 0.210. The normalized spacial score (nSPS) is 23.5. The summed E-state index contributed by atoms with van der Waals surface area (Å²) in [4.78, 5) is 14.3. The molecule has 1 amide bonds. The topological polar surface area (TPSA) is 32.3 Å². The third-order valence-electron chi connectivity index (χ3n) is 4.17. The van der Waals surface area contributed by atoms with Crippen molar-refractivity contribution in [1.29, 1.82) is 0 Å². The number of nitrogens with one attached hydrogen (secondary N) is 1. The Morgan fingerprint density at radius 1 is 1.35 bits per heavy atom. The van der Waals surface area contributed by atoms with E-state index in [4.69, 9.17) is 0 Å². The van der Waals surface area contributed by atoms with Gasteiger partial charge in [-0.3, -0.25) is 4.79 Å². The minimum Gasteiger partial charge on any atom is -0.353 e. The van der Waals surface area contributed by atoms with Gasteiger partial charge in [0.05, 0.1) is 0 Å². The molecule has 0 bridgehead atoms. The fourth-order valence-electron chi connectivity index (χ4n) is 2.95. The molecule has 1 aliphatic rings. The van der Waals surface area contributed by atoms with Crippen LogP contribution in [0.5, 0.6) is 0 Å². The van der Waals surface area contributed by atoms with E-state index in [0.29, 0.717) is 18.4 Å². The molecular formula is C17H26N2O. The Morgan fingerprint density at radius 3 is 2.80 bits per heavy atom. The van der Waals surface area contributed by atoms with Gasteiger partial charge in [0.25, 0.3) is 0 Å². The van der Waals surface area contributed by atoms with Crippen LogP contribution in [0.2, 0.25) is 0 Å². The first kappa shape index (κ1) is 15.0. The molecular weight excluding hydrogens is 248 g/mol. The molecule has 3 heteroatoms. The lowest BCUT2D eigenvalue weighted by molar-refractivity contribution is -0.122. The first-order valence-electron chi connectivity index (χ1n) is 7.67. The largest absolute Gasteiger partial charge is 0.353 e. The van der Waals surface area contributed by atoms with Crippen LogP contribution in [0.25, 0.3) is 0 Å². The number of carbonyl (C=O) groups excluding carboxylic acids is 1. The number of benzene rings is 1. The Bertz CT molecular complexity index is 418. The lowest BCUT2D eigenvalue weighted by atomic mass is 9.94. The SMILES string of the molecule is CC1CN(C)CCC1NC(=O)CCCc1ccccc1. The number of hydrogen-bond acceptors (Lipinski definition) is 2. The van der Waals surface area contributed by atoms with Gasteiger partial charge in [-0.1, -0.05) is 37.3 Å². The fraction of sp³-hybridized carbons (Fsp3) is 0.588. The zero-order valence-electron chi connectivity index (χ0n) is 12.6. The van der Waals surface area contributed by atoms with Crippen molar-refractivity contribution in [2.75, 3.05) is 20.1 Å². The number of likely N-dealkylation sites (tertiary alicyclic amines) is 1. The van der Waals surface area contributed by atoms with Gasteiger partial charge in [-0.25, -0.2) is 0 Å². The van der Waals surface area contributed by atoms with E-state index in [9.17, 15) is 4.79 Å². The summed E-state index contributed by atoms with van der Waals surface area (Å²) < 4.78 is 0. The molecule has 0 saturated carbocycles. The van der Waals surface area contributed by atoms with Crippen molar-refractivity contribution in [3.63, 3.8) is 0 Å². The highest BCUT2D eigenvalue weighted by Crippen LogP contribution is 2.15. The van der Waals surface area contributed by atoms with Gasteiger partial charge in [-0.05, 0) is 44.3 Å². The molecule has 1 heterocycles. The van der Waals surface area contributed by atoms with E-state index in [1.165, 1.54) is 5.56 Å². The summed E-state index contributed by atoms with van der Waals surface area (Å²) in [7, 11) is 2.15. The molecule has 2 rings (SSSR count). The Morgan fingerprint density at radius 2 is 2.10 bits per heavy atom. The van der Waals surface area contributed by atoms with Gasteiger partial charge in [0.15, 0.2) is 0 Å². The summed E-state index contributed by atoms with van der Waals surface area (Å²) in [6, 6.07) is 10.7. The van der Waals surface area contributed by atoms with Gasteiger partial charge in [0.2, 0.25) is 5.91 Å². The van der Waals surface area contributed by atoms with E-state index in [0.717, 1.165) is 32.4 Å². The molecule has 0 spiro atoms. The Hall–Kier alpha value is -1.35. The molecule has 0 aromatic heterocycles. The fourth-order valence-corrected chi connectivity index (χ4v) is 2.95. The molecule has 1 N–H and O–H groups in total. The van der Waals surface area contributed by atoms with Gasteiger partial charge >= 0.3 is 0 Å². The maximum absolute atomic E-state index is 12.0. The average Bonchev–Trinajstić information content (AvgIpc) is 2.43. The van der Waals surface area contributed by atoms with Crippen LogP contribution in [-0.2, 0) is 11.2 Å². The molecule has 1 aromatic rings. The molecule has 0 aliphatic carbocycles. The van der Waals surface area contributed by atoms with Crippen molar-refractivity contribution in [1.82, 2.24) is 10.2 Å². The Labute approximate surface area is 122 Å². The number of piperidine rings is 1. The first-order valence-corrected chi connectivity index (χ1v) is 7.67. The lowest BCUT2D eigenvalue weighted by Gasteiger charge is -2.35. The number of carbonyl (C=O) groups is 1. The van der Waals surface area contributed by atoms with Crippen molar-refractivity contribution < 1.29 is 4.79 Å². The summed E-state index contributed by atoms with van der Waals surface area (Å²) in [5, 5.41) is 3.21. The number of amides is 1. The number of rotatable bonds is 5.